The first-order valence-corrected chi connectivity index (χ1v) is 6.75. The molecule has 1 heterocycles. The molecule has 1 aromatic carbocycles. The van der Waals surface area contributed by atoms with Crippen LogP contribution in [0.4, 0.5) is 11.4 Å². The molecule has 0 aliphatic heterocycles. The molecule has 98 valence electrons. The van der Waals surface area contributed by atoms with Crippen molar-refractivity contribution in [2.24, 2.45) is 0 Å². The highest BCUT2D eigenvalue weighted by Crippen LogP contribution is 2.17. The minimum Gasteiger partial charge on any atom is -0.358 e. The summed E-state index contributed by atoms with van der Waals surface area (Å²) in [6.45, 7) is 0.637. The van der Waals surface area contributed by atoms with Gasteiger partial charge in [0, 0.05) is 22.7 Å². The molecule has 5 nitrogen and oxygen atoms in total. The summed E-state index contributed by atoms with van der Waals surface area (Å²) in [6, 6.07) is 10.2. The molecule has 0 saturated carbocycles. The van der Waals surface area contributed by atoms with Crippen LogP contribution in [0.1, 0.15) is 4.88 Å². The van der Waals surface area contributed by atoms with Crippen molar-refractivity contribution >= 4 is 40.0 Å². The summed E-state index contributed by atoms with van der Waals surface area (Å²) in [5.41, 5.74) is 0.629. The second-order valence-corrected chi connectivity index (χ2v) is 5.13. The number of thiophene rings is 1. The average Bonchev–Trinajstić information content (AvgIpc) is 2.90. The Morgan fingerprint density at radius 2 is 2.21 bits per heavy atom. The van der Waals surface area contributed by atoms with E-state index in [1.807, 2.05) is 17.5 Å². The smallest absolute Gasteiger partial charge is 0.271 e. The zero-order valence-corrected chi connectivity index (χ0v) is 11.5. The number of thiocarbonyl (C=S) groups is 1. The van der Waals surface area contributed by atoms with Crippen LogP contribution in [0.2, 0.25) is 0 Å². The Morgan fingerprint density at radius 3 is 2.89 bits per heavy atom. The maximum absolute atomic E-state index is 10.7. The minimum atomic E-state index is -0.437. The van der Waals surface area contributed by atoms with Gasteiger partial charge in [0.15, 0.2) is 5.11 Å². The van der Waals surface area contributed by atoms with E-state index in [1.54, 1.807) is 23.5 Å². The monoisotopic (exact) mass is 293 g/mol. The first-order chi connectivity index (χ1) is 9.15. The number of nitrogens with one attached hydrogen (secondary N) is 2. The van der Waals surface area contributed by atoms with Crippen LogP contribution < -0.4 is 10.6 Å². The lowest BCUT2D eigenvalue weighted by Crippen LogP contribution is -2.27. The lowest BCUT2D eigenvalue weighted by Gasteiger charge is -2.09. The van der Waals surface area contributed by atoms with E-state index < -0.39 is 4.92 Å². The number of nitrogens with zero attached hydrogens (tertiary/aromatic N) is 1. The van der Waals surface area contributed by atoms with E-state index in [1.165, 1.54) is 17.0 Å². The van der Waals surface area contributed by atoms with Gasteiger partial charge in [-0.1, -0.05) is 12.1 Å². The number of anilines is 1. The molecule has 0 aliphatic rings. The van der Waals surface area contributed by atoms with Crippen LogP contribution in [0.5, 0.6) is 0 Å². The number of rotatable bonds is 4. The van der Waals surface area contributed by atoms with E-state index >= 15 is 0 Å². The van der Waals surface area contributed by atoms with Crippen molar-refractivity contribution in [2.45, 2.75) is 6.54 Å². The quantitative estimate of drug-likeness (QED) is 0.515. The lowest BCUT2D eigenvalue weighted by molar-refractivity contribution is -0.384. The molecule has 2 N–H and O–H groups in total. The predicted octanol–water partition coefficient (Wildman–Crippen LogP) is 3.14. The van der Waals surface area contributed by atoms with Gasteiger partial charge in [0.05, 0.1) is 11.5 Å². The second kappa shape index (κ2) is 6.26. The molecule has 19 heavy (non-hydrogen) atoms. The Kier molecular flexibility index (Phi) is 4.43. The summed E-state index contributed by atoms with van der Waals surface area (Å²) in [6.07, 6.45) is 0. The molecule has 0 radical (unpaired) electrons. The zero-order chi connectivity index (χ0) is 13.7. The van der Waals surface area contributed by atoms with Gasteiger partial charge in [-0.2, -0.15) is 0 Å². The van der Waals surface area contributed by atoms with Crippen LogP contribution in [0, 0.1) is 10.1 Å². The van der Waals surface area contributed by atoms with Gasteiger partial charge in [-0.15, -0.1) is 11.3 Å². The van der Waals surface area contributed by atoms with E-state index in [0.29, 0.717) is 17.3 Å². The minimum absolute atomic E-state index is 0.0334. The van der Waals surface area contributed by atoms with Crippen molar-refractivity contribution < 1.29 is 4.92 Å². The van der Waals surface area contributed by atoms with Crippen LogP contribution in [0.3, 0.4) is 0 Å². The predicted molar refractivity (Wildman–Crippen MR) is 80.5 cm³/mol. The number of non-ortho nitro benzene ring substituents is 1. The van der Waals surface area contributed by atoms with Gasteiger partial charge in [-0.05, 0) is 29.7 Å². The Balaban J connectivity index is 1.91. The molecule has 1 aromatic heterocycles. The van der Waals surface area contributed by atoms with Crippen LogP contribution in [-0.4, -0.2) is 10.0 Å². The van der Waals surface area contributed by atoms with E-state index in [2.05, 4.69) is 10.6 Å². The van der Waals surface area contributed by atoms with Crippen molar-refractivity contribution in [1.82, 2.24) is 5.32 Å². The van der Waals surface area contributed by atoms with Crippen molar-refractivity contribution in [3.05, 3.63) is 56.8 Å². The third-order valence-electron chi connectivity index (χ3n) is 2.32. The number of hydrogen-bond donors (Lipinski definition) is 2. The largest absolute Gasteiger partial charge is 0.358 e. The summed E-state index contributed by atoms with van der Waals surface area (Å²) in [4.78, 5) is 11.4. The molecule has 0 amide bonds. The van der Waals surface area contributed by atoms with Crippen LogP contribution >= 0.6 is 23.6 Å². The SMILES string of the molecule is O=[N+]([O-])c1cccc(NC(=S)NCc2cccs2)c1. The highest BCUT2D eigenvalue weighted by molar-refractivity contribution is 7.80. The molecule has 2 rings (SSSR count). The average molecular weight is 293 g/mol. The molecule has 0 unspecified atom stereocenters. The van der Waals surface area contributed by atoms with Crippen molar-refractivity contribution in [1.29, 1.82) is 0 Å². The van der Waals surface area contributed by atoms with E-state index in [9.17, 15) is 10.1 Å². The van der Waals surface area contributed by atoms with E-state index in [0.717, 1.165) is 0 Å². The summed E-state index contributed by atoms with van der Waals surface area (Å²) in [5, 5.41) is 19.0. The van der Waals surface area contributed by atoms with Gasteiger partial charge in [0.1, 0.15) is 0 Å². The lowest BCUT2D eigenvalue weighted by atomic mass is 10.3. The van der Waals surface area contributed by atoms with Gasteiger partial charge in [0.2, 0.25) is 0 Å². The third-order valence-corrected chi connectivity index (χ3v) is 3.44. The summed E-state index contributed by atoms with van der Waals surface area (Å²) >= 11 is 6.77. The molecular formula is C12H11N3O2S2. The molecule has 0 fully saturated rings. The molecule has 0 spiro atoms. The fourth-order valence-corrected chi connectivity index (χ4v) is 2.29. The molecule has 2 aromatic rings. The first kappa shape index (κ1) is 13.4. The maximum Gasteiger partial charge on any atom is 0.271 e. The molecule has 0 saturated heterocycles. The fourth-order valence-electron chi connectivity index (χ4n) is 1.45. The van der Waals surface area contributed by atoms with Gasteiger partial charge in [-0.3, -0.25) is 10.1 Å². The number of benzene rings is 1. The van der Waals surface area contributed by atoms with Gasteiger partial charge >= 0.3 is 0 Å². The Hall–Kier alpha value is -1.99. The van der Waals surface area contributed by atoms with Crippen molar-refractivity contribution in [3.8, 4) is 0 Å². The number of nitro benzene ring substituents is 1. The topological polar surface area (TPSA) is 67.2 Å². The van der Waals surface area contributed by atoms with Gasteiger partial charge < -0.3 is 10.6 Å². The molecule has 0 atom stereocenters. The number of hydrogen-bond acceptors (Lipinski definition) is 4. The third kappa shape index (κ3) is 4.01. The van der Waals surface area contributed by atoms with Crippen LogP contribution in [-0.2, 0) is 6.54 Å². The maximum atomic E-state index is 10.7. The van der Waals surface area contributed by atoms with E-state index in [4.69, 9.17) is 12.2 Å². The fraction of sp³-hybridized carbons (Fsp3) is 0.0833. The van der Waals surface area contributed by atoms with Gasteiger partial charge in [0.25, 0.3) is 5.69 Å². The molecule has 0 bridgehead atoms. The van der Waals surface area contributed by atoms with Crippen molar-refractivity contribution in [3.63, 3.8) is 0 Å². The summed E-state index contributed by atoms with van der Waals surface area (Å²) in [7, 11) is 0. The Morgan fingerprint density at radius 1 is 1.37 bits per heavy atom. The summed E-state index contributed by atoms with van der Waals surface area (Å²) < 4.78 is 0. The number of nitro groups is 1. The molecule has 7 heteroatoms. The van der Waals surface area contributed by atoms with Crippen LogP contribution in [0.25, 0.3) is 0 Å². The standard InChI is InChI=1S/C12H11N3O2S2/c16-15(17)10-4-1-3-9(7-10)14-12(18)13-8-11-5-2-6-19-11/h1-7H,8H2,(H2,13,14,18). The second-order valence-electron chi connectivity index (χ2n) is 3.69. The first-order valence-electron chi connectivity index (χ1n) is 5.47. The van der Waals surface area contributed by atoms with E-state index in [-0.39, 0.29) is 5.69 Å². The van der Waals surface area contributed by atoms with Crippen LogP contribution in [0.15, 0.2) is 41.8 Å². The zero-order valence-electron chi connectivity index (χ0n) is 9.83. The molecule has 0 aliphatic carbocycles. The summed E-state index contributed by atoms with van der Waals surface area (Å²) in [5.74, 6) is 0. The highest BCUT2D eigenvalue weighted by Gasteiger charge is 2.06. The van der Waals surface area contributed by atoms with Gasteiger partial charge in [-0.25, -0.2) is 0 Å². The molecular weight excluding hydrogens is 282 g/mol. The highest BCUT2D eigenvalue weighted by atomic mass is 32.1. The normalized spacial score (nSPS) is 9.89. The Labute approximate surface area is 119 Å². The van der Waals surface area contributed by atoms with Crippen molar-refractivity contribution in [2.75, 3.05) is 5.32 Å². The Bertz CT molecular complexity index is 584.